The third-order valence-corrected chi connectivity index (χ3v) is 7.32. The summed E-state index contributed by atoms with van der Waals surface area (Å²) in [6.07, 6.45) is 2.88. The molecule has 4 saturated carbocycles. The topological polar surface area (TPSA) is 142 Å². The molecule has 0 radical (unpaired) electrons. The monoisotopic (exact) mass is 480 g/mol. The normalized spacial score (nSPS) is 28.7. The molecule has 3 aromatic heterocycles. The lowest BCUT2D eigenvalue weighted by Crippen LogP contribution is -2.68. The molecule has 0 saturated heterocycles. The minimum atomic E-state index is -1.33. The third-order valence-electron chi connectivity index (χ3n) is 7.32. The molecule has 0 spiro atoms. The first kappa shape index (κ1) is 21.8. The predicted octanol–water partition coefficient (Wildman–Crippen LogP) is 3.08. The number of halogens is 1. The number of alkyl carbamates (subject to hydrolysis) is 1. The van der Waals surface area contributed by atoms with Crippen molar-refractivity contribution >= 4 is 23.2 Å². The van der Waals surface area contributed by atoms with Crippen LogP contribution in [-0.2, 0) is 16.1 Å². The number of aromatic nitrogens is 5. The van der Waals surface area contributed by atoms with Crippen LogP contribution in [0.5, 0.6) is 0 Å². The molecule has 4 aliphatic rings. The number of hydrogen-bond donors (Lipinski definition) is 3. The Morgan fingerprint density at radius 2 is 2.20 bits per heavy atom. The zero-order valence-electron chi connectivity index (χ0n) is 19.1. The number of rotatable bonds is 7. The first-order chi connectivity index (χ1) is 16.9. The molecule has 0 unspecified atom stereocenters. The van der Waals surface area contributed by atoms with Crippen LogP contribution in [0.4, 0.5) is 20.8 Å². The lowest BCUT2D eigenvalue weighted by atomic mass is 9.50. The van der Waals surface area contributed by atoms with Crippen molar-refractivity contribution in [1.29, 1.82) is 5.26 Å². The maximum atomic E-state index is 15.2. The summed E-state index contributed by atoms with van der Waals surface area (Å²) < 4.78 is 27.3. The molecule has 12 heteroatoms. The number of H-pyrrole nitrogens is 1. The second kappa shape index (κ2) is 8.20. The van der Waals surface area contributed by atoms with Crippen molar-refractivity contribution in [2.75, 3.05) is 12.4 Å². The Morgan fingerprint density at radius 3 is 2.91 bits per heavy atom. The zero-order chi connectivity index (χ0) is 24.2. The van der Waals surface area contributed by atoms with E-state index in [1.54, 1.807) is 17.7 Å². The lowest BCUT2D eigenvalue weighted by Gasteiger charge is -2.61. The number of alkyl halides is 1. The number of anilines is 2. The summed E-state index contributed by atoms with van der Waals surface area (Å²) in [5.74, 6) is 1.09. The Balaban J connectivity index is 1.14. The minimum Gasteiger partial charge on any atom is -0.443 e. The largest absolute Gasteiger partial charge is 0.443 e. The maximum Gasteiger partial charge on any atom is 0.407 e. The molecule has 35 heavy (non-hydrogen) atoms. The fourth-order valence-electron chi connectivity index (χ4n) is 5.51. The Morgan fingerprint density at radius 1 is 1.37 bits per heavy atom. The number of hydrogen-bond acceptors (Lipinski definition) is 8. The van der Waals surface area contributed by atoms with Gasteiger partial charge in [0.1, 0.15) is 23.9 Å². The van der Waals surface area contributed by atoms with Crippen LogP contribution in [0.15, 0.2) is 18.3 Å². The first-order valence-corrected chi connectivity index (χ1v) is 11.7. The molecule has 3 N–H and O–H groups in total. The highest BCUT2D eigenvalue weighted by atomic mass is 19.1. The number of amides is 1. The fourth-order valence-corrected chi connectivity index (χ4v) is 5.51. The summed E-state index contributed by atoms with van der Waals surface area (Å²) in [6, 6.07) is 5.54. The van der Waals surface area contributed by atoms with Crippen LogP contribution >= 0.6 is 0 Å². The Kier molecular flexibility index (Phi) is 5.10. The van der Waals surface area contributed by atoms with E-state index in [1.165, 1.54) is 6.20 Å². The number of carbonyl (C=O) groups excluding carboxylic acids is 1. The van der Waals surface area contributed by atoms with Gasteiger partial charge in [-0.2, -0.15) is 15.5 Å². The Bertz CT molecular complexity index is 1310. The van der Waals surface area contributed by atoms with E-state index >= 15 is 4.39 Å². The number of nitrogens with zero attached hydrogens (tertiary/aromatic N) is 5. The van der Waals surface area contributed by atoms with Crippen LogP contribution in [0.3, 0.4) is 0 Å². The number of nitriles is 1. The van der Waals surface area contributed by atoms with E-state index in [0.717, 1.165) is 25.2 Å². The van der Waals surface area contributed by atoms with Gasteiger partial charge in [0.05, 0.1) is 18.5 Å². The summed E-state index contributed by atoms with van der Waals surface area (Å²) in [6.45, 7) is 0.317. The van der Waals surface area contributed by atoms with Gasteiger partial charge in [-0.1, -0.05) is 0 Å². The van der Waals surface area contributed by atoms with Crippen LogP contribution < -0.4 is 10.6 Å². The first-order valence-electron chi connectivity index (χ1n) is 11.7. The van der Waals surface area contributed by atoms with E-state index in [0.29, 0.717) is 48.0 Å². The number of carbonyl (C=O) groups is 1. The van der Waals surface area contributed by atoms with Crippen LogP contribution in [-0.4, -0.2) is 55.8 Å². The summed E-state index contributed by atoms with van der Waals surface area (Å²) in [5, 5.41) is 26.9. The van der Waals surface area contributed by atoms with Crippen LogP contribution in [0.2, 0.25) is 0 Å². The van der Waals surface area contributed by atoms with Crippen molar-refractivity contribution in [3.05, 3.63) is 35.4 Å². The van der Waals surface area contributed by atoms with E-state index in [2.05, 4.69) is 30.9 Å². The molecule has 11 nitrogen and oxygen atoms in total. The van der Waals surface area contributed by atoms with Gasteiger partial charge in [-0.15, -0.1) is 0 Å². The van der Waals surface area contributed by atoms with Gasteiger partial charge in [-0.05, 0) is 44.1 Å². The number of methoxy groups -OCH3 is 1. The quantitative estimate of drug-likeness (QED) is 0.468. The summed E-state index contributed by atoms with van der Waals surface area (Å²) in [5.41, 5.74) is 2.02. The summed E-state index contributed by atoms with van der Waals surface area (Å²) in [4.78, 5) is 16.6. The molecule has 4 aliphatic carbocycles. The van der Waals surface area contributed by atoms with E-state index in [4.69, 9.17) is 9.47 Å². The number of ether oxygens (including phenoxy) is 2. The number of nitrogens with one attached hydrogen (secondary N) is 3. The average molecular weight is 481 g/mol. The molecule has 1 amide bonds. The van der Waals surface area contributed by atoms with Gasteiger partial charge >= 0.3 is 6.09 Å². The summed E-state index contributed by atoms with van der Waals surface area (Å²) >= 11 is 0. The molecule has 4 fully saturated rings. The summed E-state index contributed by atoms with van der Waals surface area (Å²) in [7, 11) is 1.58. The fraction of sp³-hybridized carbons (Fsp3) is 0.522. The van der Waals surface area contributed by atoms with E-state index in [1.807, 2.05) is 12.1 Å². The van der Waals surface area contributed by atoms with Gasteiger partial charge in [0.15, 0.2) is 17.3 Å². The highest BCUT2D eigenvalue weighted by Crippen LogP contribution is 2.57. The second-order valence-electron chi connectivity index (χ2n) is 9.77. The third kappa shape index (κ3) is 3.85. The second-order valence-corrected chi connectivity index (χ2v) is 9.77. The lowest BCUT2D eigenvalue weighted by molar-refractivity contribution is -0.0532. The molecule has 0 aromatic carbocycles. The van der Waals surface area contributed by atoms with Gasteiger partial charge < -0.3 is 20.1 Å². The van der Waals surface area contributed by atoms with Crippen molar-refractivity contribution in [3.63, 3.8) is 0 Å². The van der Waals surface area contributed by atoms with Crippen LogP contribution in [0.1, 0.15) is 55.1 Å². The molecule has 3 aromatic rings. The van der Waals surface area contributed by atoms with E-state index < -0.39 is 24.3 Å². The van der Waals surface area contributed by atoms with Crippen molar-refractivity contribution in [2.24, 2.45) is 5.92 Å². The number of aromatic amines is 1. The van der Waals surface area contributed by atoms with Gasteiger partial charge in [-0.3, -0.25) is 5.10 Å². The average Bonchev–Trinajstić information content (AvgIpc) is 3.49. The molecule has 2 bridgehead atoms. The molecular formula is C23H25FN8O3. The number of fused-ring (bicyclic) bond motifs is 1. The molecular weight excluding hydrogens is 455 g/mol. The minimum absolute atomic E-state index is 0.0995. The smallest absolute Gasteiger partial charge is 0.407 e. The van der Waals surface area contributed by atoms with Crippen molar-refractivity contribution < 1.29 is 18.7 Å². The van der Waals surface area contributed by atoms with Gasteiger partial charge in [0.25, 0.3) is 0 Å². The van der Waals surface area contributed by atoms with Crippen molar-refractivity contribution in [1.82, 2.24) is 30.1 Å². The highest BCUT2D eigenvalue weighted by molar-refractivity contribution is 5.73. The maximum absolute atomic E-state index is 15.2. The molecule has 0 aliphatic heterocycles. The highest BCUT2D eigenvalue weighted by Gasteiger charge is 2.58. The SMILES string of the molecule is COCc1cc2c(Nc3cc([C@@H]4CC[C@H](OC(=O)NC56CC(C5)C6)[C@@H]4F)[nH]n3)nc(C#N)cn2n1. The molecule has 7 rings (SSSR count). The van der Waals surface area contributed by atoms with Crippen molar-refractivity contribution in [2.45, 2.75) is 62.4 Å². The molecule has 182 valence electrons. The molecule has 3 atom stereocenters. The Hall–Kier alpha value is -3.72. The van der Waals surface area contributed by atoms with Gasteiger partial charge in [-0.25, -0.2) is 18.7 Å². The van der Waals surface area contributed by atoms with Crippen molar-refractivity contribution in [3.8, 4) is 6.07 Å². The molecule has 3 heterocycles. The van der Waals surface area contributed by atoms with Gasteiger partial charge in [0, 0.05) is 30.3 Å². The van der Waals surface area contributed by atoms with Crippen LogP contribution in [0, 0.1) is 17.2 Å². The van der Waals surface area contributed by atoms with E-state index in [9.17, 15) is 10.1 Å². The Labute approximate surface area is 200 Å². The van der Waals surface area contributed by atoms with Gasteiger partial charge in [0.2, 0.25) is 0 Å². The standard InChI is InChI=1S/C23H25FN8O3/c1-34-11-13-4-17-21(26-14(9-25)10-32(17)31-13)27-19-5-16(29-30-19)15-2-3-18(20(15)24)35-22(33)28-23-6-12(7-23)8-23/h4-5,10,12,15,18,20H,2-3,6-8,11H2,1H3,(H,28,33)(H2,26,27,29,30)/t12?,15-,18-,20+,23?/m0/s1. The zero-order valence-corrected chi connectivity index (χ0v) is 19.1. The van der Waals surface area contributed by atoms with Crippen LogP contribution in [0.25, 0.3) is 5.52 Å². The van der Waals surface area contributed by atoms with E-state index in [-0.39, 0.29) is 11.2 Å². The predicted molar refractivity (Wildman–Crippen MR) is 121 cm³/mol.